The van der Waals surface area contributed by atoms with Gasteiger partial charge in [-0.15, -0.1) is 0 Å². The maximum atomic E-state index is 13.2. The highest BCUT2D eigenvalue weighted by Gasteiger charge is 2.19. The molecule has 0 fully saturated rings. The molecule has 2 N–H and O–H groups in total. The second-order valence-electron chi connectivity index (χ2n) is 5.93. The quantitative estimate of drug-likeness (QED) is 0.689. The van der Waals surface area contributed by atoms with Crippen LogP contribution in [-0.4, -0.2) is 31.6 Å². The minimum atomic E-state index is -0.480. The third-order valence-electron chi connectivity index (χ3n) is 3.40. The van der Waals surface area contributed by atoms with Crippen molar-refractivity contribution < 1.29 is 23.5 Å². The van der Waals surface area contributed by atoms with Crippen LogP contribution in [0.3, 0.4) is 0 Å². The van der Waals surface area contributed by atoms with Crippen LogP contribution in [-0.2, 0) is 4.79 Å². The average molecular weight is 439 g/mol. The monoisotopic (exact) mass is 438 g/mol. The summed E-state index contributed by atoms with van der Waals surface area (Å²) in [5.74, 6) is -0.632. The van der Waals surface area contributed by atoms with Gasteiger partial charge in [-0.3, -0.25) is 9.59 Å². The van der Waals surface area contributed by atoms with E-state index in [1.165, 1.54) is 25.3 Å². The van der Waals surface area contributed by atoms with E-state index >= 15 is 0 Å². The van der Waals surface area contributed by atoms with Crippen molar-refractivity contribution in [3.8, 4) is 11.5 Å². The first kappa shape index (κ1) is 20.7. The Morgan fingerprint density at radius 1 is 1.22 bits per heavy atom. The molecule has 0 aromatic heterocycles. The zero-order valence-electron chi connectivity index (χ0n) is 15.1. The van der Waals surface area contributed by atoms with E-state index in [0.717, 1.165) is 0 Å². The number of hydrogen-bond acceptors (Lipinski definition) is 4. The molecule has 2 aromatic carbocycles. The van der Waals surface area contributed by atoms with Crippen LogP contribution in [0.5, 0.6) is 11.5 Å². The highest BCUT2D eigenvalue weighted by Crippen LogP contribution is 2.38. The molecule has 144 valence electrons. The van der Waals surface area contributed by atoms with E-state index in [4.69, 9.17) is 9.47 Å². The first-order valence-corrected chi connectivity index (χ1v) is 8.96. The summed E-state index contributed by atoms with van der Waals surface area (Å²) in [4.78, 5) is 24.4. The van der Waals surface area contributed by atoms with Gasteiger partial charge in [0.25, 0.3) is 11.8 Å². The zero-order chi connectivity index (χ0) is 20.0. The van der Waals surface area contributed by atoms with Gasteiger partial charge in [-0.25, -0.2) is 4.39 Å². The van der Waals surface area contributed by atoms with Gasteiger partial charge in [0.05, 0.1) is 17.1 Å². The summed E-state index contributed by atoms with van der Waals surface area (Å²) in [5, 5.41) is 5.32. The Labute approximate surface area is 165 Å². The number of hydrogen-bond donors (Lipinski definition) is 2. The number of halogens is 2. The number of amides is 2. The van der Waals surface area contributed by atoms with Gasteiger partial charge in [-0.2, -0.15) is 0 Å². The van der Waals surface area contributed by atoms with Gasteiger partial charge >= 0.3 is 0 Å². The first-order valence-electron chi connectivity index (χ1n) is 8.17. The Bertz CT molecular complexity index is 842. The predicted octanol–water partition coefficient (Wildman–Crippen LogP) is 3.75. The normalized spacial score (nSPS) is 10.4. The Morgan fingerprint density at radius 3 is 2.59 bits per heavy atom. The third kappa shape index (κ3) is 5.68. The molecule has 0 radical (unpaired) electrons. The maximum absolute atomic E-state index is 13.2. The SMILES string of the molecule is COc1ccc(C(=O)NC(C)C)c(Br)c1OCC(=O)Nc1cccc(F)c1. The topological polar surface area (TPSA) is 76.7 Å². The number of rotatable bonds is 7. The van der Waals surface area contributed by atoms with Crippen molar-refractivity contribution >= 4 is 33.4 Å². The van der Waals surface area contributed by atoms with Crippen LogP contribution in [0.25, 0.3) is 0 Å². The molecule has 0 heterocycles. The van der Waals surface area contributed by atoms with Crippen LogP contribution < -0.4 is 20.1 Å². The van der Waals surface area contributed by atoms with Crippen molar-refractivity contribution in [2.45, 2.75) is 19.9 Å². The van der Waals surface area contributed by atoms with Gasteiger partial charge in [0.2, 0.25) is 0 Å². The number of anilines is 1. The number of benzene rings is 2. The van der Waals surface area contributed by atoms with Gasteiger partial charge in [0, 0.05) is 11.7 Å². The highest BCUT2D eigenvalue weighted by molar-refractivity contribution is 9.10. The van der Waals surface area contributed by atoms with Crippen LogP contribution in [0.2, 0.25) is 0 Å². The summed E-state index contributed by atoms with van der Waals surface area (Å²) in [6, 6.07) is 8.68. The van der Waals surface area contributed by atoms with Crippen molar-refractivity contribution in [1.82, 2.24) is 5.32 Å². The Hall–Kier alpha value is -2.61. The summed E-state index contributed by atoms with van der Waals surface area (Å²) in [7, 11) is 1.45. The molecule has 0 saturated heterocycles. The fraction of sp³-hybridized carbons (Fsp3) is 0.263. The third-order valence-corrected chi connectivity index (χ3v) is 4.19. The molecular formula is C19H20BrFN2O4. The summed E-state index contributed by atoms with van der Waals surface area (Å²) >= 11 is 3.34. The summed E-state index contributed by atoms with van der Waals surface area (Å²) in [6.45, 7) is 3.35. The molecule has 0 bridgehead atoms. The standard InChI is InChI=1S/C19H20BrFN2O4/c1-11(2)22-19(25)14-7-8-15(26-3)18(17(14)20)27-10-16(24)23-13-6-4-5-12(21)9-13/h4-9,11H,10H2,1-3H3,(H,22,25)(H,23,24). The Morgan fingerprint density at radius 2 is 1.96 bits per heavy atom. The van der Waals surface area contributed by atoms with Gasteiger partial charge in [0.1, 0.15) is 5.82 Å². The van der Waals surface area contributed by atoms with Crippen molar-refractivity contribution in [2.75, 3.05) is 19.0 Å². The van der Waals surface area contributed by atoms with E-state index in [1.54, 1.807) is 18.2 Å². The van der Waals surface area contributed by atoms with E-state index in [-0.39, 0.29) is 24.3 Å². The average Bonchev–Trinajstić information content (AvgIpc) is 2.59. The van der Waals surface area contributed by atoms with E-state index < -0.39 is 11.7 Å². The molecule has 2 amide bonds. The zero-order valence-corrected chi connectivity index (χ0v) is 16.7. The van der Waals surface area contributed by atoms with Crippen molar-refractivity contribution in [2.24, 2.45) is 0 Å². The first-order chi connectivity index (χ1) is 12.8. The van der Waals surface area contributed by atoms with E-state index in [1.807, 2.05) is 13.8 Å². The molecule has 0 aliphatic rings. The fourth-order valence-electron chi connectivity index (χ4n) is 2.25. The molecule has 0 saturated carbocycles. The lowest BCUT2D eigenvalue weighted by molar-refractivity contribution is -0.118. The highest BCUT2D eigenvalue weighted by atomic mass is 79.9. The lowest BCUT2D eigenvalue weighted by atomic mass is 10.1. The summed E-state index contributed by atoms with van der Waals surface area (Å²) < 4.78 is 24.4. The lowest BCUT2D eigenvalue weighted by Crippen LogP contribution is -2.30. The molecule has 0 unspecified atom stereocenters. The van der Waals surface area contributed by atoms with Crippen LogP contribution in [0.4, 0.5) is 10.1 Å². The Balaban J connectivity index is 2.14. The summed E-state index contributed by atoms with van der Waals surface area (Å²) in [5.41, 5.74) is 0.671. The largest absolute Gasteiger partial charge is 0.493 e. The van der Waals surface area contributed by atoms with Gasteiger partial charge in [-0.1, -0.05) is 6.07 Å². The molecule has 8 heteroatoms. The fourth-order valence-corrected chi connectivity index (χ4v) is 2.87. The second kappa shape index (κ2) is 9.36. The van der Waals surface area contributed by atoms with Gasteiger partial charge in [0.15, 0.2) is 18.1 Å². The lowest BCUT2D eigenvalue weighted by Gasteiger charge is -2.16. The number of carbonyl (C=O) groups is 2. The number of nitrogens with one attached hydrogen (secondary N) is 2. The van der Waals surface area contributed by atoms with Crippen LogP contribution in [0, 0.1) is 5.82 Å². The van der Waals surface area contributed by atoms with Gasteiger partial charge < -0.3 is 20.1 Å². The van der Waals surface area contributed by atoms with Crippen molar-refractivity contribution in [3.63, 3.8) is 0 Å². The number of carbonyl (C=O) groups excluding carboxylic acids is 2. The number of ether oxygens (including phenoxy) is 2. The molecule has 2 aromatic rings. The van der Waals surface area contributed by atoms with Crippen LogP contribution in [0.1, 0.15) is 24.2 Å². The molecule has 27 heavy (non-hydrogen) atoms. The minimum Gasteiger partial charge on any atom is -0.493 e. The molecule has 0 aliphatic heterocycles. The van der Waals surface area contributed by atoms with E-state index in [2.05, 4.69) is 26.6 Å². The Kier molecular flexibility index (Phi) is 7.18. The van der Waals surface area contributed by atoms with Crippen LogP contribution >= 0.6 is 15.9 Å². The predicted molar refractivity (Wildman–Crippen MR) is 104 cm³/mol. The minimum absolute atomic E-state index is 0.0343. The van der Waals surface area contributed by atoms with E-state index in [9.17, 15) is 14.0 Å². The number of methoxy groups -OCH3 is 1. The van der Waals surface area contributed by atoms with E-state index in [0.29, 0.717) is 21.5 Å². The molecule has 0 aliphatic carbocycles. The molecular weight excluding hydrogens is 419 g/mol. The molecule has 6 nitrogen and oxygen atoms in total. The summed E-state index contributed by atoms with van der Waals surface area (Å²) in [6.07, 6.45) is 0. The second-order valence-corrected chi connectivity index (χ2v) is 6.73. The maximum Gasteiger partial charge on any atom is 0.262 e. The van der Waals surface area contributed by atoms with Crippen molar-refractivity contribution in [1.29, 1.82) is 0 Å². The smallest absolute Gasteiger partial charge is 0.262 e. The van der Waals surface area contributed by atoms with Crippen molar-refractivity contribution in [3.05, 3.63) is 52.3 Å². The molecule has 0 atom stereocenters. The molecule has 0 spiro atoms. The van der Waals surface area contributed by atoms with Gasteiger partial charge in [-0.05, 0) is 60.1 Å². The van der Waals surface area contributed by atoms with Crippen LogP contribution in [0.15, 0.2) is 40.9 Å². The molecule has 2 rings (SSSR count).